The van der Waals surface area contributed by atoms with Crippen molar-refractivity contribution in [1.82, 2.24) is 4.90 Å². The number of amides is 1. The van der Waals surface area contributed by atoms with Gasteiger partial charge in [0.2, 0.25) is 5.91 Å². The molecule has 1 fully saturated rings. The molecule has 1 amide bonds. The summed E-state index contributed by atoms with van der Waals surface area (Å²) in [5.74, 6) is 0.487. The molecule has 0 unspecified atom stereocenters. The summed E-state index contributed by atoms with van der Waals surface area (Å²) in [5.41, 5.74) is 1.11. The molecule has 0 saturated carbocycles. The van der Waals surface area contributed by atoms with Crippen LogP contribution in [0.25, 0.3) is 10.8 Å². The molecule has 25 heavy (non-hydrogen) atoms. The highest BCUT2D eigenvalue weighted by Gasteiger charge is 2.28. The van der Waals surface area contributed by atoms with Crippen molar-refractivity contribution in [3.05, 3.63) is 70.4 Å². The first-order valence-corrected chi connectivity index (χ1v) is 9.72. The zero-order valence-electron chi connectivity index (χ0n) is 13.3. The molecule has 0 aliphatic carbocycles. The highest BCUT2D eigenvalue weighted by atomic mass is 32.2. The number of nitrogens with zero attached hydrogens (tertiary/aromatic N) is 3. The van der Waals surface area contributed by atoms with Crippen LogP contribution >= 0.6 is 23.1 Å². The quantitative estimate of drug-likeness (QED) is 0.509. The lowest BCUT2D eigenvalue weighted by Crippen LogP contribution is -2.28. The maximum Gasteiger partial charge on any atom is 0.239 e. The summed E-state index contributed by atoms with van der Waals surface area (Å²) in [6.07, 6.45) is 1.72. The Hall–Kier alpha value is -2.44. The van der Waals surface area contributed by atoms with Crippen molar-refractivity contribution in [2.45, 2.75) is 6.54 Å². The molecule has 124 valence electrons. The molecule has 2 aromatic carbocycles. The van der Waals surface area contributed by atoms with Crippen LogP contribution in [0.15, 0.2) is 70.2 Å². The van der Waals surface area contributed by atoms with Crippen molar-refractivity contribution in [2.75, 3.05) is 5.75 Å². The predicted molar refractivity (Wildman–Crippen MR) is 106 cm³/mol. The van der Waals surface area contributed by atoms with Crippen molar-refractivity contribution in [3.63, 3.8) is 0 Å². The van der Waals surface area contributed by atoms with E-state index < -0.39 is 0 Å². The van der Waals surface area contributed by atoms with Crippen molar-refractivity contribution in [3.8, 4) is 0 Å². The van der Waals surface area contributed by atoms with Crippen LogP contribution in [0, 0.1) is 0 Å². The summed E-state index contributed by atoms with van der Waals surface area (Å²) in [6, 6.07) is 18.3. The third-order valence-electron chi connectivity index (χ3n) is 3.94. The lowest BCUT2D eigenvalue weighted by atomic mass is 10.0. The number of hydrogen-bond donors (Lipinski definition) is 0. The first-order valence-electron chi connectivity index (χ1n) is 7.85. The minimum atomic E-state index is 0.0722. The fourth-order valence-corrected chi connectivity index (χ4v) is 4.14. The van der Waals surface area contributed by atoms with Gasteiger partial charge in [-0.2, -0.15) is 5.10 Å². The average Bonchev–Trinajstić information content (AvgIpc) is 3.27. The van der Waals surface area contributed by atoms with E-state index in [1.807, 2.05) is 35.7 Å². The molecule has 0 radical (unpaired) electrons. The number of thiophene rings is 1. The Morgan fingerprint density at radius 1 is 1.08 bits per heavy atom. The molecule has 1 saturated heterocycles. The minimum absolute atomic E-state index is 0.0722. The van der Waals surface area contributed by atoms with Gasteiger partial charge in [-0.15, -0.1) is 16.4 Å². The Bertz CT molecular complexity index is 958. The van der Waals surface area contributed by atoms with E-state index >= 15 is 0 Å². The molecule has 4 nitrogen and oxygen atoms in total. The summed E-state index contributed by atoms with van der Waals surface area (Å²) in [6.45, 7) is 0.514. The van der Waals surface area contributed by atoms with Gasteiger partial charge in [-0.05, 0) is 27.8 Å². The first-order chi connectivity index (χ1) is 12.3. The van der Waals surface area contributed by atoms with Gasteiger partial charge in [0.25, 0.3) is 0 Å². The lowest BCUT2D eigenvalue weighted by Gasteiger charge is -2.16. The van der Waals surface area contributed by atoms with E-state index in [4.69, 9.17) is 0 Å². The van der Waals surface area contributed by atoms with Gasteiger partial charge in [0.1, 0.15) is 0 Å². The van der Waals surface area contributed by atoms with Crippen LogP contribution in [0.2, 0.25) is 0 Å². The maximum atomic E-state index is 12.3. The zero-order chi connectivity index (χ0) is 17.1. The number of benzene rings is 2. The van der Waals surface area contributed by atoms with Crippen LogP contribution in [0.5, 0.6) is 0 Å². The fraction of sp³-hybridized carbons (Fsp3) is 0.105. The van der Waals surface area contributed by atoms with Gasteiger partial charge in [-0.3, -0.25) is 9.69 Å². The minimum Gasteiger partial charge on any atom is -0.285 e. The number of hydrogen-bond acceptors (Lipinski definition) is 5. The van der Waals surface area contributed by atoms with Crippen LogP contribution in [0.1, 0.15) is 10.4 Å². The molecule has 0 N–H and O–H groups in total. The van der Waals surface area contributed by atoms with Crippen molar-refractivity contribution in [2.24, 2.45) is 10.2 Å². The lowest BCUT2D eigenvalue weighted by molar-refractivity contribution is -0.124. The molecule has 1 aliphatic heterocycles. The highest BCUT2D eigenvalue weighted by molar-refractivity contribution is 8.15. The topological polar surface area (TPSA) is 45.0 Å². The molecular weight excluding hydrogens is 350 g/mol. The van der Waals surface area contributed by atoms with E-state index in [0.717, 1.165) is 15.8 Å². The Labute approximate surface area is 153 Å². The standard InChI is InChI=1S/C19H15N3OS2/c23-18-13-25-19(21-20-11-16-8-4-10-24-16)22(18)12-15-7-3-6-14-5-1-2-9-17(14)15/h1-11H,12-13H2/b20-11+,21-19+. The second-order valence-electron chi connectivity index (χ2n) is 5.55. The van der Waals surface area contributed by atoms with Crippen LogP contribution in [-0.2, 0) is 11.3 Å². The molecule has 1 aliphatic rings. The third-order valence-corrected chi connectivity index (χ3v) is 5.69. The maximum absolute atomic E-state index is 12.3. The van der Waals surface area contributed by atoms with E-state index in [-0.39, 0.29) is 5.91 Å². The van der Waals surface area contributed by atoms with E-state index in [1.165, 1.54) is 17.1 Å². The number of thioether (sulfide) groups is 1. The fourth-order valence-electron chi connectivity index (χ4n) is 2.73. The summed E-state index contributed by atoms with van der Waals surface area (Å²) in [5, 5.41) is 13.4. The first kappa shape index (κ1) is 16.1. The largest absolute Gasteiger partial charge is 0.285 e. The summed E-state index contributed by atoms with van der Waals surface area (Å²) < 4.78 is 0. The van der Waals surface area contributed by atoms with Crippen LogP contribution in [0.4, 0.5) is 0 Å². The van der Waals surface area contributed by atoms with E-state index in [2.05, 4.69) is 34.5 Å². The molecule has 0 spiro atoms. The van der Waals surface area contributed by atoms with Crippen molar-refractivity contribution < 1.29 is 4.79 Å². The van der Waals surface area contributed by atoms with Gasteiger partial charge in [0.15, 0.2) is 5.17 Å². The van der Waals surface area contributed by atoms with Gasteiger partial charge in [-0.25, -0.2) is 0 Å². The van der Waals surface area contributed by atoms with Gasteiger partial charge < -0.3 is 0 Å². The molecule has 2 heterocycles. The Morgan fingerprint density at radius 2 is 1.96 bits per heavy atom. The van der Waals surface area contributed by atoms with Gasteiger partial charge in [-0.1, -0.05) is 60.3 Å². The highest BCUT2D eigenvalue weighted by Crippen LogP contribution is 2.25. The third kappa shape index (κ3) is 3.50. The SMILES string of the molecule is O=C1CS/C(=N/N=C/c2cccs2)N1Cc1cccc2ccccc12. The average molecular weight is 365 g/mol. The normalized spacial score (nSPS) is 16.6. The van der Waals surface area contributed by atoms with Crippen LogP contribution in [0.3, 0.4) is 0 Å². The monoisotopic (exact) mass is 365 g/mol. The Morgan fingerprint density at radius 3 is 2.84 bits per heavy atom. The number of carbonyl (C=O) groups excluding carboxylic acids is 1. The molecule has 6 heteroatoms. The van der Waals surface area contributed by atoms with Crippen LogP contribution in [-0.4, -0.2) is 27.9 Å². The molecule has 3 aromatic rings. The summed E-state index contributed by atoms with van der Waals surface area (Å²) in [7, 11) is 0. The number of carbonyl (C=O) groups is 1. The molecule has 0 atom stereocenters. The molecule has 0 bridgehead atoms. The number of fused-ring (bicyclic) bond motifs is 1. The second-order valence-corrected chi connectivity index (χ2v) is 7.47. The predicted octanol–water partition coefficient (Wildman–Crippen LogP) is 4.37. The molecular formula is C19H15N3OS2. The second kappa shape index (κ2) is 7.21. The van der Waals surface area contributed by atoms with Gasteiger partial charge in [0.05, 0.1) is 18.5 Å². The van der Waals surface area contributed by atoms with Gasteiger partial charge in [0, 0.05) is 4.88 Å². The summed E-state index contributed by atoms with van der Waals surface area (Å²) in [4.78, 5) is 15.1. The van der Waals surface area contributed by atoms with E-state index in [9.17, 15) is 4.79 Å². The summed E-state index contributed by atoms with van der Waals surface area (Å²) >= 11 is 3.04. The van der Waals surface area contributed by atoms with E-state index in [0.29, 0.717) is 17.5 Å². The zero-order valence-corrected chi connectivity index (χ0v) is 15.0. The number of rotatable bonds is 4. The van der Waals surface area contributed by atoms with Crippen LogP contribution < -0.4 is 0 Å². The van der Waals surface area contributed by atoms with Gasteiger partial charge >= 0.3 is 0 Å². The molecule has 4 rings (SSSR count). The van der Waals surface area contributed by atoms with E-state index in [1.54, 1.807) is 22.5 Å². The van der Waals surface area contributed by atoms with Crippen molar-refractivity contribution in [1.29, 1.82) is 0 Å². The Balaban J connectivity index is 1.60. The number of amidine groups is 1. The Kier molecular flexibility index (Phi) is 4.63. The smallest absolute Gasteiger partial charge is 0.239 e. The van der Waals surface area contributed by atoms with Crippen molar-refractivity contribution >= 4 is 51.2 Å². The molecule has 1 aromatic heterocycles.